The van der Waals surface area contributed by atoms with Gasteiger partial charge in [0.2, 0.25) is 5.95 Å². The van der Waals surface area contributed by atoms with Gasteiger partial charge in [-0.25, -0.2) is 9.78 Å². The third-order valence-corrected chi connectivity index (χ3v) is 4.61. The van der Waals surface area contributed by atoms with Crippen molar-refractivity contribution in [3.05, 3.63) is 66.2 Å². The van der Waals surface area contributed by atoms with Crippen LogP contribution in [0.4, 0.5) is 17.5 Å². The van der Waals surface area contributed by atoms with Gasteiger partial charge in [0.25, 0.3) is 5.91 Å². The number of rotatable bonds is 5. The highest BCUT2D eigenvalue weighted by atomic mass is 16.4. The predicted octanol–water partition coefficient (Wildman–Crippen LogP) is 2.47. The first kappa shape index (κ1) is 18.5. The SMILES string of the molecule is O=C(O)c1cccc(Nc2ccnc(N3CCN(C(=O)c4ccco4)CC3)n2)c1. The molecule has 4 rings (SSSR count). The van der Waals surface area contributed by atoms with Gasteiger partial charge in [0, 0.05) is 38.1 Å². The molecule has 29 heavy (non-hydrogen) atoms. The Morgan fingerprint density at radius 1 is 1.07 bits per heavy atom. The van der Waals surface area contributed by atoms with Gasteiger partial charge in [0.1, 0.15) is 5.82 Å². The van der Waals surface area contributed by atoms with Crippen LogP contribution in [0.3, 0.4) is 0 Å². The maximum atomic E-state index is 12.4. The number of piperazine rings is 1. The number of amides is 1. The first-order valence-electron chi connectivity index (χ1n) is 9.11. The zero-order valence-corrected chi connectivity index (χ0v) is 15.5. The van der Waals surface area contributed by atoms with Crippen LogP contribution in [-0.2, 0) is 0 Å². The largest absolute Gasteiger partial charge is 0.478 e. The first-order valence-corrected chi connectivity index (χ1v) is 9.11. The molecule has 2 aromatic heterocycles. The van der Waals surface area contributed by atoms with E-state index in [0.29, 0.717) is 49.4 Å². The summed E-state index contributed by atoms with van der Waals surface area (Å²) in [6, 6.07) is 11.6. The minimum atomic E-state index is -0.987. The smallest absolute Gasteiger partial charge is 0.335 e. The van der Waals surface area contributed by atoms with Crippen molar-refractivity contribution >= 4 is 29.3 Å². The van der Waals surface area contributed by atoms with Crippen LogP contribution in [0.25, 0.3) is 0 Å². The Hall–Kier alpha value is -3.88. The monoisotopic (exact) mass is 393 g/mol. The standard InChI is InChI=1S/C20H19N5O4/c26-18(16-5-2-12-29-16)24-8-10-25(11-9-24)20-21-7-6-17(23-20)22-15-4-1-3-14(13-15)19(27)28/h1-7,12-13H,8-11H2,(H,27,28)(H,21,22,23). The molecular formula is C20H19N5O4. The van der Waals surface area contributed by atoms with E-state index in [1.165, 1.54) is 12.3 Å². The molecule has 1 fully saturated rings. The van der Waals surface area contributed by atoms with Gasteiger partial charge in [-0.3, -0.25) is 4.79 Å². The molecule has 1 amide bonds. The number of hydrogen-bond donors (Lipinski definition) is 2. The van der Waals surface area contributed by atoms with E-state index in [-0.39, 0.29) is 11.5 Å². The van der Waals surface area contributed by atoms with E-state index in [2.05, 4.69) is 15.3 Å². The van der Waals surface area contributed by atoms with Crippen LogP contribution in [0.1, 0.15) is 20.9 Å². The molecular weight excluding hydrogens is 374 g/mol. The number of nitrogens with one attached hydrogen (secondary N) is 1. The molecule has 9 heteroatoms. The van der Waals surface area contributed by atoms with Crippen LogP contribution in [0.5, 0.6) is 0 Å². The molecule has 3 heterocycles. The minimum absolute atomic E-state index is 0.121. The lowest BCUT2D eigenvalue weighted by Gasteiger charge is -2.34. The molecule has 0 bridgehead atoms. The molecule has 9 nitrogen and oxygen atoms in total. The van der Waals surface area contributed by atoms with E-state index in [1.54, 1.807) is 47.5 Å². The van der Waals surface area contributed by atoms with E-state index >= 15 is 0 Å². The summed E-state index contributed by atoms with van der Waals surface area (Å²) in [6.07, 6.45) is 3.13. The Morgan fingerprint density at radius 3 is 2.62 bits per heavy atom. The number of nitrogens with zero attached hydrogens (tertiary/aromatic N) is 4. The van der Waals surface area contributed by atoms with Gasteiger partial charge in [-0.1, -0.05) is 6.07 Å². The fourth-order valence-corrected chi connectivity index (χ4v) is 3.11. The number of aromatic carboxylic acids is 1. The number of carboxylic acids is 1. The molecule has 1 aromatic carbocycles. The summed E-state index contributed by atoms with van der Waals surface area (Å²) >= 11 is 0. The van der Waals surface area contributed by atoms with Gasteiger partial charge in [-0.05, 0) is 36.4 Å². The number of carbonyl (C=O) groups excluding carboxylic acids is 1. The summed E-state index contributed by atoms with van der Waals surface area (Å²) in [5.41, 5.74) is 0.824. The molecule has 0 unspecified atom stereocenters. The van der Waals surface area contributed by atoms with Crippen molar-refractivity contribution in [2.45, 2.75) is 0 Å². The summed E-state index contributed by atoms with van der Waals surface area (Å²) < 4.78 is 5.18. The van der Waals surface area contributed by atoms with Gasteiger partial charge in [-0.2, -0.15) is 4.98 Å². The average Bonchev–Trinajstić information content (AvgIpc) is 3.29. The molecule has 0 aliphatic carbocycles. The quantitative estimate of drug-likeness (QED) is 0.680. The van der Waals surface area contributed by atoms with Gasteiger partial charge in [0.05, 0.1) is 11.8 Å². The van der Waals surface area contributed by atoms with Crippen molar-refractivity contribution in [2.24, 2.45) is 0 Å². The lowest BCUT2D eigenvalue weighted by atomic mass is 10.2. The van der Waals surface area contributed by atoms with Crippen LogP contribution >= 0.6 is 0 Å². The Labute approximate surface area is 166 Å². The number of benzene rings is 1. The molecule has 1 saturated heterocycles. The number of furan rings is 1. The maximum absolute atomic E-state index is 12.4. The van der Waals surface area contributed by atoms with E-state index < -0.39 is 5.97 Å². The minimum Gasteiger partial charge on any atom is -0.478 e. The molecule has 1 aliphatic rings. The summed E-state index contributed by atoms with van der Waals surface area (Å²) in [7, 11) is 0. The molecule has 0 radical (unpaired) electrons. The lowest BCUT2D eigenvalue weighted by Crippen LogP contribution is -2.49. The molecule has 0 saturated carbocycles. The summed E-state index contributed by atoms with van der Waals surface area (Å²) in [4.78, 5) is 36.1. The second-order valence-electron chi connectivity index (χ2n) is 6.51. The average molecular weight is 393 g/mol. The Bertz CT molecular complexity index is 1010. The first-order chi connectivity index (χ1) is 14.1. The summed E-state index contributed by atoms with van der Waals surface area (Å²) in [5, 5.41) is 12.2. The molecule has 1 aliphatic heterocycles. The second kappa shape index (κ2) is 8.01. The van der Waals surface area contributed by atoms with Crippen molar-refractivity contribution < 1.29 is 19.1 Å². The number of carboxylic acid groups (broad SMARTS) is 1. The van der Waals surface area contributed by atoms with Crippen LogP contribution in [0.15, 0.2) is 59.3 Å². The van der Waals surface area contributed by atoms with Crippen molar-refractivity contribution in [1.82, 2.24) is 14.9 Å². The molecule has 0 spiro atoms. The normalized spacial score (nSPS) is 13.9. The van der Waals surface area contributed by atoms with Gasteiger partial charge in [-0.15, -0.1) is 0 Å². The highest BCUT2D eigenvalue weighted by molar-refractivity contribution is 5.91. The number of anilines is 3. The number of carbonyl (C=O) groups is 2. The maximum Gasteiger partial charge on any atom is 0.335 e. The lowest BCUT2D eigenvalue weighted by molar-refractivity contribution is 0.0693. The van der Waals surface area contributed by atoms with Gasteiger partial charge < -0.3 is 24.6 Å². The fraction of sp³-hybridized carbons (Fsp3) is 0.200. The molecule has 0 atom stereocenters. The molecule has 2 N–H and O–H groups in total. The Kier molecular flexibility index (Phi) is 5.10. The van der Waals surface area contributed by atoms with Crippen molar-refractivity contribution in [1.29, 1.82) is 0 Å². The van der Waals surface area contributed by atoms with E-state index in [9.17, 15) is 9.59 Å². The van der Waals surface area contributed by atoms with Gasteiger partial charge in [0.15, 0.2) is 5.76 Å². The summed E-state index contributed by atoms with van der Waals surface area (Å²) in [5.74, 6) is 0.342. The van der Waals surface area contributed by atoms with Crippen LogP contribution in [0, 0.1) is 0 Å². The third-order valence-electron chi connectivity index (χ3n) is 4.61. The molecule has 148 valence electrons. The van der Waals surface area contributed by atoms with Gasteiger partial charge >= 0.3 is 5.97 Å². The highest BCUT2D eigenvalue weighted by Gasteiger charge is 2.24. The van der Waals surface area contributed by atoms with Crippen molar-refractivity contribution in [3.8, 4) is 0 Å². The summed E-state index contributed by atoms with van der Waals surface area (Å²) in [6.45, 7) is 2.29. The van der Waals surface area contributed by atoms with E-state index in [1.807, 2.05) is 4.90 Å². The topological polar surface area (TPSA) is 112 Å². The highest BCUT2D eigenvalue weighted by Crippen LogP contribution is 2.19. The zero-order chi connectivity index (χ0) is 20.2. The van der Waals surface area contributed by atoms with Crippen LogP contribution in [-0.4, -0.2) is 58.0 Å². The third kappa shape index (κ3) is 4.18. The Morgan fingerprint density at radius 2 is 1.90 bits per heavy atom. The van der Waals surface area contributed by atoms with Crippen LogP contribution in [0.2, 0.25) is 0 Å². The predicted molar refractivity (Wildman–Crippen MR) is 106 cm³/mol. The number of hydrogen-bond acceptors (Lipinski definition) is 7. The van der Waals surface area contributed by atoms with Crippen LogP contribution < -0.4 is 10.2 Å². The molecule has 3 aromatic rings. The van der Waals surface area contributed by atoms with Crippen molar-refractivity contribution in [3.63, 3.8) is 0 Å². The zero-order valence-electron chi connectivity index (χ0n) is 15.5. The van der Waals surface area contributed by atoms with E-state index in [4.69, 9.17) is 9.52 Å². The van der Waals surface area contributed by atoms with Crippen molar-refractivity contribution in [2.75, 3.05) is 36.4 Å². The van der Waals surface area contributed by atoms with E-state index in [0.717, 1.165) is 0 Å². The number of aromatic nitrogens is 2. The second-order valence-corrected chi connectivity index (χ2v) is 6.51. The fourth-order valence-electron chi connectivity index (χ4n) is 3.11. The Balaban J connectivity index is 1.41.